The van der Waals surface area contributed by atoms with Crippen molar-refractivity contribution in [2.45, 2.75) is 31.5 Å². The Balaban J connectivity index is 1.67. The standard InChI is InChI=1S/C30H30ClF2N3O/c1-30(2,33)27(22-13-23(15-26(32)14-22)29(37)35(3)4)24-17-36(18-24)28(20-8-10-25(31)11-9-20)21-7-5-6-19(12-21)16-34/h5-15,24,27-28H,17-18H2,1-4H3. The summed E-state index contributed by atoms with van der Waals surface area (Å²) in [6.45, 7) is 4.14. The van der Waals surface area contributed by atoms with Crippen LogP contribution in [0.25, 0.3) is 0 Å². The number of hydrogen-bond acceptors (Lipinski definition) is 3. The fourth-order valence-corrected chi connectivity index (χ4v) is 5.54. The van der Waals surface area contributed by atoms with Crippen LogP contribution in [0.4, 0.5) is 8.78 Å². The van der Waals surface area contributed by atoms with Crippen LogP contribution in [0.3, 0.4) is 0 Å². The molecule has 1 heterocycles. The van der Waals surface area contributed by atoms with E-state index in [1.165, 1.54) is 30.9 Å². The molecule has 0 bridgehead atoms. The lowest BCUT2D eigenvalue weighted by atomic mass is 9.72. The first-order valence-electron chi connectivity index (χ1n) is 12.2. The van der Waals surface area contributed by atoms with Crippen molar-refractivity contribution >= 4 is 17.5 Å². The van der Waals surface area contributed by atoms with E-state index in [1.807, 2.05) is 42.5 Å². The first kappa shape index (κ1) is 26.8. The van der Waals surface area contributed by atoms with Gasteiger partial charge in [0.25, 0.3) is 5.91 Å². The Morgan fingerprint density at radius 1 is 1.05 bits per heavy atom. The molecule has 4 rings (SSSR count). The molecule has 37 heavy (non-hydrogen) atoms. The van der Waals surface area contributed by atoms with Gasteiger partial charge < -0.3 is 4.90 Å². The van der Waals surface area contributed by atoms with E-state index in [9.17, 15) is 14.4 Å². The van der Waals surface area contributed by atoms with Gasteiger partial charge in [0.15, 0.2) is 0 Å². The summed E-state index contributed by atoms with van der Waals surface area (Å²) < 4.78 is 30.3. The summed E-state index contributed by atoms with van der Waals surface area (Å²) in [5.74, 6) is -1.59. The molecule has 2 atom stereocenters. The van der Waals surface area contributed by atoms with Crippen molar-refractivity contribution in [2.24, 2.45) is 5.92 Å². The minimum atomic E-state index is -1.64. The van der Waals surface area contributed by atoms with Gasteiger partial charge >= 0.3 is 0 Å². The molecular formula is C30H30ClF2N3O. The molecule has 3 aromatic rings. The number of benzene rings is 3. The maximum absolute atomic E-state index is 15.7. The number of hydrogen-bond donors (Lipinski definition) is 0. The molecule has 4 nitrogen and oxygen atoms in total. The van der Waals surface area contributed by atoms with E-state index >= 15 is 4.39 Å². The lowest BCUT2D eigenvalue weighted by Gasteiger charge is -2.50. The summed E-state index contributed by atoms with van der Waals surface area (Å²) in [7, 11) is 3.21. The molecule has 0 aromatic heterocycles. The zero-order valence-corrected chi connectivity index (χ0v) is 22.1. The Bertz CT molecular complexity index is 1320. The number of halogens is 3. The SMILES string of the molecule is CN(C)C(=O)c1cc(F)cc(C(C2CN(C(c3ccc(Cl)cc3)c3cccc(C#N)c3)C2)C(C)(C)F)c1. The van der Waals surface area contributed by atoms with Crippen LogP contribution in [-0.4, -0.2) is 48.6 Å². The second-order valence-electron chi connectivity index (χ2n) is 10.4. The number of carbonyl (C=O) groups excluding carboxylic acids is 1. The van der Waals surface area contributed by atoms with Gasteiger partial charge in [-0.3, -0.25) is 9.69 Å². The van der Waals surface area contributed by atoms with E-state index in [1.54, 1.807) is 26.2 Å². The summed E-state index contributed by atoms with van der Waals surface area (Å²) >= 11 is 6.13. The summed E-state index contributed by atoms with van der Waals surface area (Å²) in [6, 6.07) is 21.3. The molecule has 3 aromatic carbocycles. The Hall–Kier alpha value is -3.27. The second-order valence-corrected chi connectivity index (χ2v) is 10.9. The third kappa shape index (κ3) is 5.84. The van der Waals surface area contributed by atoms with E-state index in [4.69, 9.17) is 11.6 Å². The lowest BCUT2D eigenvalue weighted by molar-refractivity contribution is 0.00809. The normalized spacial score (nSPS) is 15.9. The first-order valence-corrected chi connectivity index (χ1v) is 12.6. The predicted molar refractivity (Wildman–Crippen MR) is 142 cm³/mol. The van der Waals surface area contributed by atoms with E-state index in [-0.39, 0.29) is 23.4 Å². The van der Waals surface area contributed by atoms with Crippen LogP contribution in [0.1, 0.15) is 58.4 Å². The van der Waals surface area contributed by atoms with Crippen molar-refractivity contribution in [2.75, 3.05) is 27.2 Å². The Morgan fingerprint density at radius 2 is 1.73 bits per heavy atom. The minimum Gasteiger partial charge on any atom is -0.345 e. The smallest absolute Gasteiger partial charge is 0.253 e. The molecule has 1 saturated heterocycles. The zero-order valence-electron chi connectivity index (χ0n) is 21.4. The fraction of sp³-hybridized carbons (Fsp3) is 0.333. The number of nitriles is 1. The first-order chi connectivity index (χ1) is 17.5. The summed E-state index contributed by atoms with van der Waals surface area (Å²) in [5.41, 5.74) is 1.59. The molecule has 1 aliphatic rings. The van der Waals surface area contributed by atoms with E-state index in [2.05, 4.69) is 11.0 Å². The molecule has 0 radical (unpaired) electrons. The third-order valence-electron chi connectivity index (χ3n) is 6.96. The van der Waals surface area contributed by atoms with Crippen LogP contribution in [0.2, 0.25) is 5.02 Å². The lowest BCUT2D eigenvalue weighted by Crippen LogP contribution is -2.53. The van der Waals surface area contributed by atoms with Gasteiger partial charge in [0.1, 0.15) is 11.5 Å². The molecule has 0 saturated carbocycles. The van der Waals surface area contributed by atoms with Gasteiger partial charge in [-0.15, -0.1) is 0 Å². The molecule has 192 valence electrons. The monoisotopic (exact) mass is 521 g/mol. The fourth-order valence-electron chi connectivity index (χ4n) is 5.41. The van der Waals surface area contributed by atoms with Gasteiger partial charge in [-0.2, -0.15) is 5.26 Å². The Morgan fingerprint density at radius 3 is 2.32 bits per heavy atom. The minimum absolute atomic E-state index is 0.0990. The summed E-state index contributed by atoms with van der Waals surface area (Å²) in [5, 5.41) is 10.1. The highest BCUT2D eigenvalue weighted by molar-refractivity contribution is 6.30. The molecule has 2 unspecified atom stereocenters. The summed E-state index contributed by atoms with van der Waals surface area (Å²) in [4.78, 5) is 16.1. The van der Waals surface area contributed by atoms with Crippen LogP contribution in [0.15, 0.2) is 66.7 Å². The van der Waals surface area contributed by atoms with Gasteiger partial charge in [-0.1, -0.05) is 35.9 Å². The van der Waals surface area contributed by atoms with Gasteiger partial charge in [-0.05, 0) is 78.9 Å². The van der Waals surface area contributed by atoms with Crippen LogP contribution < -0.4 is 0 Å². The van der Waals surface area contributed by atoms with E-state index in [0.29, 0.717) is 29.2 Å². The molecule has 7 heteroatoms. The number of amides is 1. The molecule has 0 aliphatic carbocycles. The topological polar surface area (TPSA) is 47.3 Å². The highest BCUT2D eigenvalue weighted by Crippen LogP contribution is 2.45. The average molecular weight is 522 g/mol. The van der Waals surface area contributed by atoms with Crippen LogP contribution in [0, 0.1) is 23.1 Å². The number of likely N-dealkylation sites (tertiary alicyclic amines) is 1. The largest absolute Gasteiger partial charge is 0.345 e. The van der Waals surface area contributed by atoms with Crippen molar-refractivity contribution in [3.8, 4) is 6.07 Å². The second kappa shape index (κ2) is 10.6. The quantitative estimate of drug-likeness (QED) is 0.351. The van der Waals surface area contributed by atoms with Crippen LogP contribution in [0.5, 0.6) is 0 Å². The number of rotatable bonds is 7. The van der Waals surface area contributed by atoms with E-state index in [0.717, 1.165) is 11.1 Å². The van der Waals surface area contributed by atoms with Crippen molar-refractivity contribution in [3.63, 3.8) is 0 Å². The number of alkyl halides is 1. The highest BCUT2D eigenvalue weighted by atomic mass is 35.5. The van der Waals surface area contributed by atoms with Gasteiger partial charge in [-0.25, -0.2) is 8.78 Å². The number of nitrogens with zero attached hydrogens (tertiary/aromatic N) is 3. The maximum atomic E-state index is 15.7. The average Bonchev–Trinajstić information content (AvgIpc) is 2.82. The van der Waals surface area contributed by atoms with Crippen LogP contribution in [-0.2, 0) is 0 Å². The van der Waals surface area contributed by atoms with Crippen molar-refractivity contribution in [1.29, 1.82) is 5.26 Å². The van der Waals surface area contributed by atoms with Gasteiger partial charge in [0.05, 0.1) is 17.7 Å². The van der Waals surface area contributed by atoms with Gasteiger partial charge in [0, 0.05) is 43.7 Å². The Kier molecular flexibility index (Phi) is 7.68. The molecular weight excluding hydrogens is 492 g/mol. The molecule has 0 spiro atoms. The molecule has 0 N–H and O–H groups in total. The van der Waals surface area contributed by atoms with Gasteiger partial charge in [0.2, 0.25) is 0 Å². The van der Waals surface area contributed by atoms with Crippen molar-refractivity contribution in [1.82, 2.24) is 9.80 Å². The maximum Gasteiger partial charge on any atom is 0.253 e. The third-order valence-corrected chi connectivity index (χ3v) is 7.22. The number of carbonyl (C=O) groups is 1. The van der Waals surface area contributed by atoms with Crippen molar-refractivity contribution < 1.29 is 13.6 Å². The highest BCUT2D eigenvalue weighted by Gasteiger charge is 2.45. The molecule has 1 fully saturated rings. The van der Waals surface area contributed by atoms with Crippen molar-refractivity contribution in [3.05, 3.63) is 105 Å². The predicted octanol–water partition coefficient (Wildman–Crippen LogP) is 6.61. The van der Waals surface area contributed by atoms with E-state index < -0.39 is 17.4 Å². The zero-order chi connectivity index (χ0) is 26.9. The van der Waals surface area contributed by atoms with Crippen LogP contribution >= 0.6 is 11.6 Å². The summed E-state index contributed by atoms with van der Waals surface area (Å²) in [6.07, 6.45) is 0. The Labute approximate surface area is 222 Å². The molecule has 1 amide bonds. The molecule has 1 aliphatic heterocycles.